The molecular weight excluding hydrogens is 153 g/mol. The van der Waals surface area contributed by atoms with Crippen LogP contribution in [0.1, 0.15) is 6.42 Å². The number of carbonyl (C=O) groups is 2. The molecule has 1 rings (SSSR count). The highest BCUT2D eigenvalue weighted by Crippen LogP contribution is 2.12. The number of hydrogen-bond donors (Lipinski definition) is 1. The Hall–Kier alpha value is -0.970. The summed E-state index contributed by atoms with van der Waals surface area (Å²) < 4.78 is 12.4. The van der Waals surface area contributed by atoms with Gasteiger partial charge < -0.3 is 5.11 Å². The first-order valence-electron chi connectivity index (χ1n) is 3.27. The Kier molecular flexibility index (Phi) is 2.19. The second-order valence-electron chi connectivity index (χ2n) is 2.48. The molecule has 0 saturated carbocycles. The number of piperidine rings is 1. The van der Waals surface area contributed by atoms with Gasteiger partial charge in [-0.25, -0.2) is 0 Å². The van der Waals surface area contributed by atoms with E-state index < -0.39 is 11.9 Å². The number of carbonyl (C=O) groups excluding carboxylic acids is 1. The van der Waals surface area contributed by atoms with Gasteiger partial charge in [0.1, 0.15) is 11.7 Å². The van der Waals surface area contributed by atoms with E-state index in [1.54, 1.807) is 0 Å². The fourth-order valence-corrected chi connectivity index (χ4v) is 1.01. The van der Waals surface area contributed by atoms with E-state index >= 15 is 0 Å². The molecule has 1 N–H and O–H groups in total. The summed E-state index contributed by atoms with van der Waals surface area (Å²) in [6.45, 7) is -0.295. The van der Waals surface area contributed by atoms with Gasteiger partial charge in [0.15, 0.2) is 0 Å². The van der Waals surface area contributed by atoms with E-state index in [-0.39, 0.29) is 25.3 Å². The molecule has 1 aliphatic heterocycles. The Bertz CT molecular complexity index is 194. The molecule has 0 spiro atoms. The Morgan fingerprint density at radius 3 is 2.82 bits per heavy atom. The third-order valence-corrected chi connectivity index (χ3v) is 1.67. The number of aliphatic carboxylic acids is 1. The van der Waals surface area contributed by atoms with Crippen LogP contribution in [0.4, 0.5) is 4.48 Å². The highest BCUT2D eigenvalue weighted by molar-refractivity contribution is 5.99. The standard InChI is InChI=1S/C6H8FNO3/c7-8-2-1-5(9)4(3-8)6(10)11/h4H,1-3H2,(H,10,11). The van der Waals surface area contributed by atoms with E-state index in [4.69, 9.17) is 5.11 Å². The molecule has 0 bridgehead atoms. The molecule has 62 valence electrons. The molecule has 1 saturated heterocycles. The Morgan fingerprint density at radius 1 is 1.73 bits per heavy atom. The fraction of sp³-hybridized carbons (Fsp3) is 0.667. The number of halogens is 1. The third-order valence-electron chi connectivity index (χ3n) is 1.67. The molecule has 1 unspecified atom stereocenters. The maximum Gasteiger partial charge on any atom is 0.315 e. The monoisotopic (exact) mass is 161 g/mol. The van der Waals surface area contributed by atoms with Crippen molar-refractivity contribution in [2.45, 2.75) is 6.42 Å². The van der Waals surface area contributed by atoms with Crippen molar-refractivity contribution in [2.75, 3.05) is 13.1 Å². The smallest absolute Gasteiger partial charge is 0.315 e. The summed E-state index contributed by atoms with van der Waals surface area (Å²) in [5.41, 5.74) is 0. The molecule has 0 aromatic carbocycles. The van der Waals surface area contributed by atoms with E-state index in [9.17, 15) is 14.1 Å². The van der Waals surface area contributed by atoms with Crippen molar-refractivity contribution in [2.24, 2.45) is 5.92 Å². The van der Waals surface area contributed by atoms with Gasteiger partial charge in [0.2, 0.25) is 0 Å². The van der Waals surface area contributed by atoms with Crippen LogP contribution in [0.5, 0.6) is 0 Å². The lowest BCUT2D eigenvalue weighted by Gasteiger charge is -2.21. The van der Waals surface area contributed by atoms with Crippen LogP contribution in [0.2, 0.25) is 0 Å². The van der Waals surface area contributed by atoms with Gasteiger partial charge in [-0.2, -0.15) is 0 Å². The topological polar surface area (TPSA) is 57.6 Å². The molecule has 11 heavy (non-hydrogen) atoms. The Labute approximate surface area is 62.5 Å². The van der Waals surface area contributed by atoms with Gasteiger partial charge in [-0.3, -0.25) is 9.59 Å². The minimum atomic E-state index is -1.24. The summed E-state index contributed by atoms with van der Waals surface area (Å²) in [6.07, 6.45) is -0.00648. The van der Waals surface area contributed by atoms with Crippen LogP contribution in [0.15, 0.2) is 0 Å². The van der Waals surface area contributed by atoms with Crippen molar-refractivity contribution < 1.29 is 19.2 Å². The minimum absolute atomic E-state index is 0.00648. The molecule has 0 aromatic heterocycles. The van der Waals surface area contributed by atoms with E-state index in [2.05, 4.69) is 0 Å². The zero-order chi connectivity index (χ0) is 8.43. The Balaban J connectivity index is 2.61. The SMILES string of the molecule is O=C(O)C1CN(F)CCC1=O. The normalized spacial score (nSPS) is 27.0. The number of carboxylic acid groups (broad SMARTS) is 1. The predicted octanol–water partition coefficient (Wildman–Crippen LogP) is -0.153. The summed E-state index contributed by atoms with van der Waals surface area (Å²) in [6, 6.07) is 0. The van der Waals surface area contributed by atoms with E-state index in [0.717, 1.165) is 0 Å². The summed E-state index contributed by atoms with van der Waals surface area (Å²) in [5, 5.41) is 8.77. The van der Waals surface area contributed by atoms with Gasteiger partial charge in [0, 0.05) is 19.5 Å². The molecule has 0 aromatic rings. The lowest BCUT2D eigenvalue weighted by atomic mass is 9.98. The van der Waals surface area contributed by atoms with Crippen LogP contribution >= 0.6 is 0 Å². The van der Waals surface area contributed by atoms with Gasteiger partial charge in [0.25, 0.3) is 0 Å². The first-order chi connectivity index (χ1) is 5.11. The average molecular weight is 161 g/mol. The van der Waals surface area contributed by atoms with E-state index in [1.165, 1.54) is 0 Å². The summed E-state index contributed by atoms with van der Waals surface area (Å²) in [5.74, 6) is -2.79. The van der Waals surface area contributed by atoms with Crippen LogP contribution in [0, 0.1) is 5.92 Å². The van der Waals surface area contributed by atoms with Crippen LogP contribution in [-0.4, -0.2) is 35.1 Å². The molecule has 1 aliphatic rings. The zero-order valence-electron chi connectivity index (χ0n) is 5.79. The van der Waals surface area contributed by atoms with Gasteiger partial charge >= 0.3 is 5.97 Å². The predicted molar refractivity (Wildman–Crippen MR) is 33.4 cm³/mol. The minimum Gasteiger partial charge on any atom is -0.481 e. The summed E-state index contributed by atoms with van der Waals surface area (Å²) in [7, 11) is 0. The number of carboxylic acids is 1. The van der Waals surface area contributed by atoms with Gasteiger partial charge in [-0.05, 0) is 0 Å². The Morgan fingerprint density at radius 2 is 2.36 bits per heavy atom. The second-order valence-corrected chi connectivity index (χ2v) is 2.48. The maximum absolute atomic E-state index is 12.4. The summed E-state index contributed by atoms with van der Waals surface area (Å²) in [4.78, 5) is 21.1. The van der Waals surface area contributed by atoms with Crippen molar-refractivity contribution in [3.05, 3.63) is 0 Å². The molecule has 0 amide bonds. The van der Waals surface area contributed by atoms with Gasteiger partial charge in [-0.1, -0.05) is 0 Å². The first kappa shape index (κ1) is 8.13. The maximum atomic E-state index is 12.4. The van der Waals surface area contributed by atoms with Crippen LogP contribution in [0.25, 0.3) is 0 Å². The highest BCUT2D eigenvalue weighted by Gasteiger charge is 2.32. The van der Waals surface area contributed by atoms with Crippen LogP contribution in [0.3, 0.4) is 0 Å². The van der Waals surface area contributed by atoms with Crippen molar-refractivity contribution in [1.29, 1.82) is 0 Å². The van der Waals surface area contributed by atoms with Crippen molar-refractivity contribution in [1.82, 2.24) is 5.12 Å². The molecule has 0 radical (unpaired) electrons. The molecular formula is C6H8FNO3. The molecule has 4 nitrogen and oxygen atoms in total. The van der Waals surface area contributed by atoms with E-state index in [1.807, 2.05) is 0 Å². The van der Waals surface area contributed by atoms with Crippen molar-refractivity contribution in [3.8, 4) is 0 Å². The van der Waals surface area contributed by atoms with Crippen molar-refractivity contribution in [3.63, 3.8) is 0 Å². The second kappa shape index (κ2) is 2.96. The van der Waals surface area contributed by atoms with Crippen LogP contribution in [-0.2, 0) is 9.59 Å². The van der Waals surface area contributed by atoms with Gasteiger partial charge in [0.05, 0.1) is 0 Å². The molecule has 1 fully saturated rings. The number of ketones is 1. The highest BCUT2D eigenvalue weighted by atomic mass is 19.2. The number of rotatable bonds is 1. The lowest BCUT2D eigenvalue weighted by molar-refractivity contribution is -0.153. The molecule has 0 aliphatic carbocycles. The largest absolute Gasteiger partial charge is 0.481 e. The number of nitrogens with zero attached hydrogens (tertiary/aromatic N) is 1. The molecule has 1 atom stereocenters. The number of hydrogen-bond acceptors (Lipinski definition) is 3. The first-order valence-corrected chi connectivity index (χ1v) is 3.27. The fourth-order valence-electron chi connectivity index (χ4n) is 1.01. The summed E-state index contributed by atoms with van der Waals surface area (Å²) >= 11 is 0. The third kappa shape index (κ3) is 1.74. The van der Waals surface area contributed by atoms with E-state index in [0.29, 0.717) is 5.12 Å². The molecule has 5 heteroatoms. The van der Waals surface area contributed by atoms with Crippen LogP contribution < -0.4 is 0 Å². The number of Topliss-reactive ketones (excluding diaryl/α,β-unsaturated/α-hetero) is 1. The zero-order valence-corrected chi connectivity index (χ0v) is 5.79. The quantitative estimate of drug-likeness (QED) is 0.429. The lowest BCUT2D eigenvalue weighted by Crippen LogP contribution is -2.40. The average Bonchev–Trinajstić information content (AvgIpc) is 1.94. The van der Waals surface area contributed by atoms with Crippen molar-refractivity contribution >= 4 is 11.8 Å². The molecule has 1 heterocycles. The van der Waals surface area contributed by atoms with Gasteiger partial charge in [-0.15, -0.1) is 9.60 Å².